The first kappa shape index (κ1) is 23.1. The Morgan fingerprint density at radius 2 is 1.85 bits per heavy atom. The third-order valence-corrected chi connectivity index (χ3v) is 6.02. The Hall–Kier alpha value is -4.02. The predicted molar refractivity (Wildman–Crippen MR) is 135 cm³/mol. The molecule has 0 saturated carbocycles. The smallest absolute Gasteiger partial charge is 0.286 e. The van der Waals surface area contributed by atoms with Gasteiger partial charge < -0.3 is 9.84 Å². The van der Waals surface area contributed by atoms with Crippen LogP contribution in [0.4, 0.5) is 5.69 Å². The quantitative estimate of drug-likeness (QED) is 0.161. The first-order valence-corrected chi connectivity index (χ1v) is 11.2. The van der Waals surface area contributed by atoms with Crippen molar-refractivity contribution in [2.75, 3.05) is 0 Å². The SMILES string of the molecule is O=C1C(=Cc2ccc(OCc3ccccc3)cc2)SC(=S)N1N=Cc1cc([N+](=O)[O-])ccc1O. The maximum Gasteiger partial charge on any atom is 0.286 e. The number of nitrogens with zero attached hydrogens (tertiary/aromatic N) is 3. The van der Waals surface area contributed by atoms with Crippen molar-refractivity contribution in [3.05, 3.63) is 105 Å². The largest absolute Gasteiger partial charge is 0.507 e. The van der Waals surface area contributed by atoms with Crippen molar-refractivity contribution in [2.45, 2.75) is 6.61 Å². The van der Waals surface area contributed by atoms with Gasteiger partial charge in [-0.25, -0.2) is 0 Å². The Balaban J connectivity index is 1.44. The molecule has 0 radical (unpaired) electrons. The molecule has 0 aromatic heterocycles. The van der Waals surface area contributed by atoms with Crippen LogP contribution in [0.1, 0.15) is 16.7 Å². The number of benzene rings is 3. The van der Waals surface area contributed by atoms with Crippen LogP contribution < -0.4 is 4.74 Å². The van der Waals surface area contributed by atoms with Gasteiger partial charge >= 0.3 is 0 Å². The first-order valence-electron chi connectivity index (χ1n) is 9.97. The standard InChI is InChI=1S/C24H17N3O5S2/c28-21-11-8-19(27(30)31)13-18(21)14-25-26-23(29)22(34-24(26)33)12-16-6-9-20(10-7-16)32-15-17-4-2-1-3-5-17/h1-14,28H,15H2. The van der Waals surface area contributed by atoms with Crippen LogP contribution in [-0.2, 0) is 11.4 Å². The third-order valence-electron chi connectivity index (χ3n) is 4.73. The van der Waals surface area contributed by atoms with Gasteiger partial charge in [-0.1, -0.05) is 54.2 Å². The van der Waals surface area contributed by atoms with Crippen LogP contribution in [0, 0.1) is 10.1 Å². The summed E-state index contributed by atoms with van der Waals surface area (Å²) in [5.74, 6) is 0.0698. The number of hydrogen-bond donors (Lipinski definition) is 1. The fourth-order valence-corrected chi connectivity index (χ4v) is 4.16. The van der Waals surface area contributed by atoms with Crippen molar-refractivity contribution < 1.29 is 19.6 Å². The maximum atomic E-state index is 12.8. The topological polar surface area (TPSA) is 105 Å². The highest BCUT2D eigenvalue weighted by Crippen LogP contribution is 2.33. The van der Waals surface area contributed by atoms with Crippen LogP contribution in [-0.4, -0.2) is 31.5 Å². The molecule has 4 rings (SSSR count). The zero-order chi connectivity index (χ0) is 24.1. The van der Waals surface area contributed by atoms with Gasteiger partial charge in [-0.15, -0.1) is 0 Å². The average Bonchev–Trinajstić information content (AvgIpc) is 3.10. The molecule has 1 aliphatic rings. The highest BCUT2D eigenvalue weighted by Gasteiger charge is 2.32. The predicted octanol–water partition coefficient (Wildman–Crippen LogP) is 5.11. The summed E-state index contributed by atoms with van der Waals surface area (Å²) in [5.41, 5.74) is 1.74. The normalized spacial score (nSPS) is 14.8. The van der Waals surface area contributed by atoms with Crippen molar-refractivity contribution in [2.24, 2.45) is 5.10 Å². The van der Waals surface area contributed by atoms with Crippen LogP contribution in [0.15, 0.2) is 82.8 Å². The molecule has 34 heavy (non-hydrogen) atoms. The van der Waals surface area contributed by atoms with Crippen molar-refractivity contribution >= 4 is 52.2 Å². The number of phenolic OH excluding ortho intramolecular Hbond substituents is 1. The van der Waals surface area contributed by atoms with E-state index in [2.05, 4.69) is 5.10 Å². The molecule has 1 aliphatic heterocycles. The lowest BCUT2D eigenvalue weighted by molar-refractivity contribution is -0.384. The number of nitro groups is 1. The summed E-state index contributed by atoms with van der Waals surface area (Å²) in [6, 6.07) is 20.6. The number of carbonyl (C=O) groups excluding carboxylic acids is 1. The fraction of sp³-hybridized carbons (Fsp3) is 0.0417. The van der Waals surface area contributed by atoms with Crippen LogP contribution in [0.2, 0.25) is 0 Å². The minimum atomic E-state index is -0.586. The number of aromatic hydroxyl groups is 1. The number of rotatable bonds is 7. The summed E-state index contributed by atoms with van der Waals surface area (Å²) in [4.78, 5) is 23.5. The lowest BCUT2D eigenvalue weighted by Crippen LogP contribution is -2.22. The molecule has 1 N–H and O–H groups in total. The molecular formula is C24H17N3O5S2. The number of thiocarbonyl (C=S) groups is 1. The second kappa shape index (κ2) is 10.3. The summed E-state index contributed by atoms with van der Waals surface area (Å²) < 4.78 is 5.98. The van der Waals surface area contributed by atoms with Gasteiger partial charge in [-0.05, 0) is 47.6 Å². The van der Waals surface area contributed by atoms with E-state index < -0.39 is 10.8 Å². The van der Waals surface area contributed by atoms with E-state index in [0.717, 1.165) is 40.2 Å². The lowest BCUT2D eigenvalue weighted by atomic mass is 10.2. The Bertz CT molecular complexity index is 1310. The highest BCUT2D eigenvalue weighted by atomic mass is 32.2. The zero-order valence-corrected chi connectivity index (χ0v) is 19.2. The maximum absolute atomic E-state index is 12.8. The van der Waals surface area contributed by atoms with Gasteiger partial charge in [-0.2, -0.15) is 10.1 Å². The van der Waals surface area contributed by atoms with E-state index in [1.165, 1.54) is 12.1 Å². The molecule has 10 heteroatoms. The second-order valence-corrected chi connectivity index (χ2v) is 8.76. The number of hydrogen-bond acceptors (Lipinski definition) is 8. The van der Waals surface area contributed by atoms with E-state index in [0.29, 0.717) is 17.3 Å². The number of thioether (sulfide) groups is 1. The molecule has 0 spiro atoms. The molecule has 0 bridgehead atoms. The van der Waals surface area contributed by atoms with E-state index in [1.807, 2.05) is 54.6 Å². The third kappa shape index (κ3) is 5.48. The van der Waals surface area contributed by atoms with E-state index in [4.69, 9.17) is 17.0 Å². The molecule has 1 fully saturated rings. The van der Waals surface area contributed by atoms with E-state index in [9.17, 15) is 20.0 Å². The van der Waals surface area contributed by atoms with Gasteiger partial charge in [0.25, 0.3) is 11.6 Å². The number of phenols is 1. The Morgan fingerprint density at radius 1 is 1.12 bits per heavy atom. The van der Waals surface area contributed by atoms with E-state index in [1.54, 1.807) is 6.08 Å². The summed E-state index contributed by atoms with van der Waals surface area (Å²) in [6.07, 6.45) is 2.86. The fourth-order valence-electron chi connectivity index (χ4n) is 2.99. The van der Waals surface area contributed by atoms with E-state index >= 15 is 0 Å². The number of hydrazone groups is 1. The minimum absolute atomic E-state index is 0.0957. The summed E-state index contributed by atoms with van der Waals surface area (Å²) in [5, 5.41) is 25.9. The van der Waals surface area contributed by atoms with Crippen LogP contribution in [0.3, 0.4) is 0 Å². The van der Waals surface area contributed by atoms with Crippen LogP contribution in [0.25, 0.3) is 6.08 Å². The molecule has 0 atom stereocenters. The Morgan fingerprint density at radius 3 is 2.56 bits per heavy atom. The monoisotopic (exact) mass is 491 g/mol. The summed E-state index contributed by atoms with van der Waals surface area (Å²) >= 11 is 6.34. The molecule has 1 saturated heterocycles. The number of ether oxygens (including phenoxy) is 1. The Labute approximate surface area is 204 Å². The van der Waals surface area contributed by atoms with Gasteiger partial charge in [0.1, 0.15) is 18.1 Å². The Kier molecular flexibility index (Phi) is 7.00. The molecule has 1 amide bonds. The number of nitro benzene ring substituents is 1. The van der Waals surface area contributed by atoms with E-state index in [-0.39, 0.29) is 21.3 Å². The molecule has 3 aromatic carbocycles. The second-order valence-electron chi connectivity index (χ2n) is 7.08. The molecule has 0 aliphatic carbocycles. The average molecular weight is 492 g/mol. The van der Waals surface area contributed by atoms with Crippen LogP contribution >= 0.6 is 24.0 Å². The first-order chi connectivity index (χ1) is 16.4. The molecule has 8 nitrogen and oxygen atoms in total. The number of non-ortho nitro benzene ring substituents is 1. The molecule has 0 unspecified atom stereocenters. The molecule has 170 valence electrons. The van der Waals surface area contributed by atoms with Gasteiger partial charge in [-0.3, -0.25) is 14.9 Å². The van der Waals surface area contributed by atoms with Gasteiger partial charge in [0.15, 0.2) is 4.32 Å². The molecule has 3 aromatic rings. The summed E-state index contributed by atoms with van der Waals surface area (Å²) in [7, 11) is 0. The van der Waals surface area contributed by atoms with Gasteiger partial charge in [0.2, 0.25) is 0 Å². The van der Waals surface area contributed by atoms with Gasteiger partial charge in [0, 0.05) is 17.7 Å². The van der Waals surface area contributed by atoms with Crippen molar-refractivity contribution in [3.8, 4) is 11.5 Å². The lowest BCUT2D eigenvalue weighted by Gasteiger charge is -2.07. The van der Waals surface area contributed by atoms with Crippen molar-refractivity contribution in [1.82, 2.24) is 5.01 Å². The molecular weight excluding hydrogens is 474 g/mol. The highest BCUT2D eigenvalue weighted by molar-refractivity contribution is 8.26. The minimum Gasteiger partial charge on any atom is -0.507 e. The summed E-state index contributed by atoms with van der Waals surface area (Å²) in [6.45, 7) is 0.455. The van der Waals surface area contributed by atoms with Gasteiger partial charge in [0.05, 0.1) is 16.0 Å². The van der Waals surface area contributed by atoms with Crippen LogP contribution in [0.5, 0.6) is 11.5 Å². The van der Waals surface area contributed by atoms with Crippen molar-refractivity contribution in [1.29, 1.82) is 0 Å². The van der Waals surface area contributed by atoms with Crippen molar-refractivity contribution in [3.63, 3.8) is 0 Å². The number of carbonyl (C=O) groups is 1. The number of amides is 1. The molecule has 1 heterocycles. The zero-order valence-electron chi connectivity index (χ0n) is 17.5.